The average molecular weight is 403 g/mol. The summed E-state index contributed by atoms with van der Waals surface area (Å²) in [5.74, 6) is 2.66. The Balaban J connectivity index is 1.92. The molecule has 2 fully saturated rings. The Morgan fingerprint density at radius 3 is 2.38 bits per heavy atom. The lowest BCUT2D eigenvalue weighted by Crippen LogP contribution is -2.57. The van der Waals surface area contributed by atoms with Crippen LogP contribution in [0.1, 0.15) is 84.3 Å². The van der Waals surface area contributed by atoms with Crippen LogP contribution in [0.4, 0.5) is 0 Å². The molecule has 2 saturated carbocycles. The second-order valence-corrected chi connectivity index (χ2v) is 10.7. The third-order valence-corrected chi connectivity index (χ3v) is 8.49. The van der Waals surface area contributed by atoms with Crippen molar-refractivity contribution in [1.29, 1.82) is 0 Å². The van der Waals surface area contributed by atoms with Crippen LogP contribution in [-0.2, 0) is 12.8 Å². The number of hydrogen-bond donors (Lipinski definition) is 1. The van der Waals surface area contributed by atoms with Crippen LogP contribution in [0.15, 0.2) is 12.1 Å². The van der Waals surface area contributed by atoms with E-state index in [1.807, 2.05) is 0 Å². The Bertz CT molecular complexity index is 721. The van der Waals surface area contributed by atoms with Crippen LogP contribution in [0.25, 0.3) is 0 Å². The van der Waals surface area contributed by atoms with Crippen LogP contribution >= 0.6 is 0 Å². The number of aliphatic hydroxyl groups is 1. The summed E-state index contributed by atoms with van der Waals surface area (Å²) in [4.78, 5) is 0. The van der Waals surface area contributed by atoms with E-state index in [9.17, 15) is 5.11 Å². The smallest absolute Gasteiger partial charge is 0.163 e. The lowest BCUT2D eigenvalue weighted by Gasteiger charge is -2.61. The summed E-state index contributed by atoms with van der Waals surface area (Å²) in [5.41, 5.74) is 2.45. The molecule has 0 spiro atoms. The van der Waals surface area contributed by atoms with Gasteiger partial charge in [-0.15, -0.1) is 0 Å². The molecule has 0 aliphatic heterocycles. The van der Waals surface area contributed by atoms with Gasteiger partial charge in [0.05, 0.1) is 19.8 Å². The van der Waals surface area contributed by atoms with E-state index in [1.54, 1.807) is 14.2 Å². The molecular weight excluding hydrogens is 360 g/mol. The Morgan fingerprint density at radius 1 is 1.03 bits per heavy atom. The molecule has 1 aromatic rings. The fourth-order valence-corrected chi connectivity index (χ4v) is 7.06. The number of hydrogen-bond acceptors (Lipinski definition) is 3. The monoisotopic (exact) mass is 402 g/mol. The van der Waals surface area contributed by atoms with Gasteiger partial charge in [-0.1, -0.05) is 40.2 Å². The van der Waals surface area contributed by atoms with E-state index >= 15 is 0 Å². The quantitative estimate of drug-likeness (QED) is 0.616. The summed E-state index contributed by atoms with van der Waals surface area (Å²) in [5, 5.41) is 11.5. The van der Waals surface area contributed by atoms with Crippen molar-refractivity contribution >= 4 is 0 Å². The van der Waals surface area contributed by atoms with Crippen molar-refractivity contribution in [3.8, 4) is 11.5 Å². The molecule has 164 valence electrons. The van der Waals surface area contributed by atoms with Crippen LogP contribution in [0.2, 0.25) is 0 Å². The molecule has 0 amide bonds. The fourth-order valence-electron chi connectivity index (χ4n) is 7.06. The van der Waals surface area contributed by atoms with E-state index < -0.39 is 5.60 Å². The first-order valence-corrected chi connectivity index (χ1v) is 11.5. The third-order valence-electron chi connectivity index (χ3n) is 8.49. The number of ether oxygens (including phenoxy) is 2. The number of benzene rings is 1. The molecular formula is C26H42O3. The van der Waals surface area contributed by atoms with Crippen LogP contribution in [0.3, 0.4) is 0 Å². The van der Waals surface area contributed by atoms with Crippen LogP contribution in [0.5, 0.6) is 11.5 Å². The summed E-state index contributed by atoms with van der Waals surface area (Å²) >= 11 is 0. The van der Waals surface area contributed by atoms with E-state index in [0.29, 0.717) is 17.3 Å². The van der Waals surface area contributed by atoms with Crippen LogP contribution < -0.4 is 9.47 Å². The highest BCUT2D eigenvalue weighted by molar-refractivity contribution is 5.49. The first-order valence-electron chi connectivity index (χ1n) is 11.5. The predicted octanol–water partition coefficient (Wildman–Crippen LogP) is 6.19. The van der Waals surface area contributed by atoms with E-state index in [0.717, 1.165) is 43.6 Å². The average Bonchev–Trinajstić information content (AvgIpc) is 2.65. The van der Waals surface area contributed by atoms with Gasteiger partial charge in [0.15, 0.2) is 11.5 Å². The standard InChI is InChI=1S/C26H42O3/c1-8-18-16-19(23(29-7)20(17-18)28-6)10-11-22-25(4)14-9-13-24(2,3)21(25)12-15-26(22,5)27/h16-17,21-22,27H,8-15H2,1-7H3/t21?,22-,25+,26-/m1/s1. The molecule has 3 rings (SSSR count). The Hall–Kier alpha value is -1.22. The highest BCUT2D eigenvalue weighted by atomic mass is 16.5. The van der Waals surface area contributed by atoms with Gasteiger partial charge in [0.2, 0.25) is 0 Å². The Kier molecular flexibility index (Phi) is 6.30. The SMILES string of the molecule is CCc1cc(CC[C@@H]2[C@@]3(C)CCCC(C)(C)C3CC[C@@]2(C)O)c(OC)c(OC)c1. The van der Waals surface area contributed by atoms with Gasteiger partial charge < -0.3 is 14.6 Å². The fraction of sp³-hybridized carbons (Fsp3) is 0.769. The zero-order valence-corrected chi connectivity index (χ0v) is 19.7. The number of fused-ring (bicyclic) bond motifs is 1. The maximum Gasteiger partial charge on any atom is 0.163 e. The molecule has 0 heterocycles. The van der Waals surface area contributed by atoms with Crippen molar-refractivity contribution < 1.29 is 14.6 Å². The molecule has 1 unspecified atom stereocenters. The van der Waals surface area contributed by atoms with Gasteiger partial charge in [0, 0.05) is 0 Å². The second kappa shape index (κ2) is 8.13. The zero-order chi connectivity index (χ0) is 21.4. The predicted molar refractivity (Wildman–Crippen MR) is 120 cm³/mol. The Labute approximate surface area is 178 Å². The summed E-state index contributed by atoms with van der Waals surface area (Å²) in [7, 11) is 3.44. The van der Waals surface area contributed by atoms with E-state index in [-0.39, 0.29) is 5.41 Å². The highest BCUT2D eigenvalue weighted by Gasteiger charge is 2.57. The second-order valence-electron chi connectivity index (χ2n) is 10.7. The highest BCUT2D eigenvalue weighted by Crippen LogP contribution is 2.62. The lowest BCUT2D eigenvalue weighted by atomic mass is 9.45. The van der Waals surface area contributed by atoms with Gasteiger partial charge in [-0.05, 0) is 91.7 Å². The topological polar surface area (TPSA) is 38.7 Å². The molecule has 0 aromatic heterocycles. The minimum absolute atomic E-state index is 0.198. The van der Waals surface area contributed by atoms with Crippen molar-refractivity contribution in [2.75, 3.05) is 14.2 Å². The maximum atomic E-state index is 11.5. The lowest BCUT2D eigenvalue weighted by molar-refractivity contribution is -0.168. The molecule has 3 nitrogen and oxygen atoms in total. The van der Waals surface area contributed by atoms with E-state index in [2.05, 4.69) is 46.8 Å². The molecule has 2 aliphatic rings. The van der Waals surface area contributed by atoms with Gasteiger partial charge in [-0.2, -0.15) is 0 Å². The molecule has 1 aromatic carbocycles. The number of methoxy groups -OCH3 is 2. The van der Waals surface area contributed by atoms with Crippen molar-refractivity contribution in [1.82, 2.24) is 0 Å². The molecule has 2 aliphatic carbocycles. The Morgan fingerprint density at radius 2 is 1.76 bits per heavy atom. The third kappa shape index (κ3) is 4.04. The number of rotatable bonds is 6. The molecule has 29 heavy (non-hydrogen) atoms. The molecule has 0 bridgehead atoms. The van der Waals surface area contributed by atoms with Crippen molar-refractivity contribution in [2.45, 2.75) is 91.6 Å². The molecule has 1 N–H and O–H groups in total. The zero-order valence-electron chi connectivity index (χ0n) is 19.7. The largest absolute Gasteiger partial charge is 0.493 e. The normalized spacial score (nSPS) is 33.8. The van der Waals surface area contributed by atoms with Gasteiger partial charge in [0.1, 0.15) is 0 Å². The van der Waals surface area contributed by atoms with Gasteiger partial charge in [-0.3, -0.25) is 0 Å². The number of aryl methyl sites for hydroxylation is 2. The van der Waals surface area contributed by atoms with Crippen LogP contribution in [-0.4, -0.2) is 24.9 Å². The minimum atomic E-state index is -0.599. The van der Waals surface area contributed by atoms with Crippen molar-refractivity contribution in [2.24, 2.45) is 22.7 Å². The molecule has 0 saturated heterocycles. The first-order chi connectivity index (χ1) is 13.6. The van der Waals surface area contributed by atoms with Crippen LogP contribution in [0, 0.1) is 22.7 Å². The first kappa shape index (κ1) is 22.5. The summed E-state index contributed by atoms with van der Waals surface area (Å²) in [6.07, 6.45) is 8.76. The van der Waals surface area contributed by atoms with Crippen molar-refractivity contribution in [3.63, 3.8) is 0 Å². The maximum absolute atomic E-state index is 11.5. The van der Waals surface area contributed by atoms with Gasteiger partial charge in [0.25, 0.3) is 0 Å². The summed E-state index contributed by atoms with van der Waals surface area (Å²) < 4.78 is 11.3. The summed E-state index contributed by atoms with van der Waals surface area (Å²) in [6.45, 7) is 11.6. The molecule has 3 heteroatoms. The van der Waals surface area contributed by atoms with Gasteiger partial charge in [-0.25, -0.2) is 0 Å². The van der Waals surface area contributed by atoms with E-state index in [4.69, 9.17) is 9.47 Å². The molecule has 4 atom stereocenters. The van der Waals surface area contributed by atoms with Gasteiger partial charge >= 0.3 is 0 Å². The minimum Gasteiger partial charge on any atom is -0.493 e. The van der Waals surface area contributed by atoms with E-state index in [1.165, 1.54) is 30.4 Å². The summed E-state index contributed by atoms with van der Waals surface area (Å²) in [6, 6.07) is 4.35. The molecule has 0 radical (unpaired) electrons. The van der Waals surface area contributed by atoms with Crippen molar-refractivity contribution in [3.05, 3.63) is 23.3 Å².